The van der Waals surface area contributed by atoms with E-state index in [0.29, 0.717) is 18.4 Å². The van der Waals surface area contributed by atoms with Crippen LogP contribution in [0.5, 0.6) is 5.75 Å². The van der Waals surface area contributed by atoms with Gasteiger partial charge in [-0.3, -0.25) is 0 Å². The van der Waals surface area contributed by atoms with Crippen LogP contribution in [0.3, 0.4) is 0 Å². The highest BCUT2D eigenvalue weighted by molar-refractivity contribution is 5.30. The van der Waals surface area contributed by atoms with E-state index in [2.05, 4.69) is 13.8 Å². The van der Waals surface area contributed by atoms with Gasteiger partial charge in [0.25, 0.3) is 0 Å². The predicted molar refractivity (Wildman–Crippen MR) is 86.5 cm³/mol. The Morgan fingerprint density at radius 3 is 2.33 bits per heavy atom. The highest BCUT2D eigenvalue weighted by Crippen LogP contribution is 2.34. The molecule has 3 N–H and O–H groups in total. The fourth-order valence-corrected chi connectivity index (χ4v) is 3.17. The largest absolute Gasteiger partial charge is 0.493 e. The molecule has 2 unspecified atom stereocenters. The number of hydrogen-bond donors (Lipinski definition) is 2. The first-order valence-electron chi connectivity index (χ1n) is 8.22. The van der Waals surface area contributed by atoms with Crippen molar-refractivity contribution < 1.29 is 9.84 Å². The van der Waals surface area contributed by atoms with Gasteiger partial charge in [0.15, 0.2) is 0 Å². The van der Waals surface area contributed by atoms with E-state index in [4.69, 9.17) is 10.5 Å². The van der Waals surface area contributed by atoms with Gasteiger partial charge in [-0.1, -0.05) is 38.8 Å². The molecule has 1 saturated carbocycles. The molecular weight excluding hydrogens is 262 g/mol. The summed E-state index contributed by atoms with van der Waals surface area (Å²) in [6.07, 6.45) is 4.42. The second-order valence-corrected chi connectivity index (χ2v) is 6.65. The van der Waals surface area contributed by atoms with E-state index in [9.17, 15) is 5.11 Å². The Bertz CT molecular complexity index is 410. The molecule has 1 aliphatic rings. The molecule has 1 aromatic carbocycles. The summed E-state index contributed by atoms with van der Waals surface area (Å²) in [6.45, 7) is 5.49. The second-order valence-electron chi connectivity index (χ2n) is 6.65. The lowest BCUT2D eigenvalue weighted by Gasteiger charge is -2.27. The number of nitrogens with two attached hydrogens (primary N) is 1. The zero-order chi connectivity index (χ0) is 15.2. The molecule has 3 heteroatoms. The molecule has 0 spiro atoms. The van der Waals surface area contributed by atoms with E-state index in [1.807, 2.05) is 24.3 Å². The van der Waals surface area contributed by atoms with Crippen LogP contribution in [0.15, 0.2) is 24.3 Å². The predicted octanol–water partition coefficient (Wildman–Crippen LogP) is 3.31. The van der Waals surface area contributed by atoms with Gasteiger partial charge >= 0.3 is 0 Å². The molecule has 1 aromatic rings. The first-order chi connectivity index (χ1) is 10.1. The van der Waals surface area contributed by atoms with Crippen molar-refractivity contribution in [2.45, 2.75) is 51.6 Å². The first kappa shape index (κ1) is 16.3. The fraction of sp³-hybridized carbons (Fsp3) is 0.667. The maximum Gasteiger partial charge on any atom is 0.119 e. The van der Waals surface area contributed by atoms with Crippen LogP contribution in [-0.4, -0.2) is 24.4 Å². The molecule has 2 rings (SSSR count). The Balaban J connectivity index is 2.00. The molecule has 0 saturated heterocycles. The maximum absolute atomic E-state index is 10.6. The number of ether oxygens (including phenoxy) is 1. The molecule has 2 atom stereocenters. The van der Waals surface area contributed by atoms with E-state index >= 15 is 0 Å². The van der Waals surface area contributed by atoms with E-state index in [1.165, 1.54) is 12.8 Å². The smallest absolute Gasteiger partial charge is 0.119 e. The molecule has 0 aliphatic heterocycles. The standard InChI is InChI=1S/C18H29NO2/c1-13(2)12-21-16-9-7-14(8-10-16)17(11-19)18(20)15-5-3-4-6-15/h7-10,13,15,17-18,20H,3-6,11-12,19H2,1-2H3. The van der Waals surface area contributed by atoms with Gasteiger partial charge in [-0.25, -0.2) is 0 Å². The molecule has 3 nitrogen and oxygen atoms in total. The lowest BCUT2D eigenvalue weighted by atomic mass is 9.85. The number of aliphatic hydroxyl groups is 1. The number of aliphatic hydroxyl groups excluding tert-OH is 1. The Labute approximate surface area is 128 Å². The van der Waals surface area contributed by atoms with Gasteiger partial charge in [-0.2, -0.15) is 0 Å². The summed E-state index contributed by atoms with van der Waals surface area (Å²) in [4.78, 5) is 0. The average Bonchev–Trinajstić information content (AvgIpc) is 3.01. The van der Waals surface area contributed by atoms with Crippen LogP contribution in [0.4, 0.5) is 0 Å². The molecule has 118 valence electrons. The van der Waals surface area contributed by atoms with Crippen LogP contribution in [0.2, 0.25) is 0 Å². The lowest BCUT2D eigenvalue weighted by molar-refractivity contribution is 0.0851. The zero-order valence-corrected chi connectivity index (χ0v) is 13.3. The highest BCUT2D eigenvalue weighted by Gasteiger charge is 2.30. The second kappa shape index (κ2) is 7.81. The summed E-state index contributed by atoms with van der Waals surface area (Å²) in [7, 11) is 0. The molecule has 1 fully saturated rings. The first-order valence-corrected chi connectivity index (χ1v) is 8.22. The monoisotopic (exact) mass is 291 g/mol. The maximum atomic E-state index is 10.6. The zero-order valence-electron chi connectivity index (χ0n) is 13.3. The minimum atomic E-state index is -0.320. The van der Waals surface area contributed by atoms with Crippen molar-refractivity contribution in [2.24, 2.45) is 17.6 Å². The van der Waals surface area contributed by atoms with Crippen molar-refractivity contribution in [3.05, 3.63) is 29.8 Å². The molecule has 0 bridgehead atoms. The van der Waals surface area contributed by atoms with Crippen LogP contribution in [0.1, 0.15) is 51.0 Å². The normalized spacial score (nSPS) is 18.9. The summed E-state index contributed by atoms with van der Waals surface area (Å²) >= 11 is 0. The topological polar surface area (TPSA) is 55.5 Å². The highest BCUT2D eigenvalue weighted by atomic mass is 16.5. The summed E-state index contributed by atoms with van der Waals surface area (Å²) in [6, 6.07) is 8.07. The van der Waals surface area contributed by atoms with E-state index in [-0.39, 0.29) is 12.0 Å². The van der Waals surface area contributed by atoms with Crippen molar-refractivity contribution in [2.75, 3.05) is 13.2 Å². The van der Waals surface area contributed by atoms with Gasteiger partial charge in [0.05, 0.1) is 12.7 Å². The third-order valence-corrected chi connectivity index (χ3v) is 4.44. The average molecular weight is 291 g/mol. The molecule has 0 amide bonds. The van der Waals surface area contributed by atoms with Gasteiger partial charge in [-0.05, 0) is 42.4 Å². The quantitative estimate of drug-likeness (QED) is 0.810. The minimum absolute atomic E-state index is 0.0345. The van der Waals surface area contributed by atoms with E-state index in [0.717, 1.165) is 30.8 Å². The SMILES string of the molecule is CC(C)COc1ccc(C(CN)C(O)C2CCCC2)cc1. The van der Waals surface area contributed by atoms with Crippen molar-refractivity contribution in [1.82, 2.24) is 0 Å². The van der Waals surface area contributed by atoms with Gasteiger partial charge in [0.1, 0.15) is 5.75 Å². The summed E-state index contributed by atoms with van der Waals surface area (Å²) in [5, 5.41) is 10.6. The lowest BCUT2D eigenvalue weighted by Crippen LogP contribution is -2.31. The van der Waals surface area contributed by atoms with Crippen molar-refractivity contribution in [1.29, 1.82) is 0 Å². The van der Waals surface area contributed by atoms with Crippen LogP contribution >= 0.6 is 0 Å². The van der Waals surface area contributed by atoms with Crippen LogP contribution in [0.25, 0.3) is 0 Å². The molecule has 1 aliphatic carbocycles. The summed E-state index contributed by atoms with van der Waals surface area (Å²) < 4.78 is 5.70. The van der Waals surface area contributed by atoms with Crippen LogP contribution in [0, 0.1) is 11.8 Å². The van der Waals surface area contributed by atoms with Gasteiger partial charge in [0.2, 0.25) is 0 Å². The third-order valence-electron chi connectivity index (χ3n) is 4.44. The molecule has 0 heterocycles. The molecule has 0 aromatic heterocycles. The van der Waals surface area contributed by atoms with E-state index in [1.54, 1.807) is 0 Å². The molecular formula is C18H29NO2. The van der Waals surface area contributed by atoms with Gasteiger partial charge < -0.3 is 15.6 Å². The van der Waals surface area contributed by atoms with Crippen molar-refractivity contribution >= 4 is 0 Å². The number of rotatable bonds is 7. The van der Waals surface area contributed by atoms with E-state index < -0.39 is 0 Å². The number of benzene rings is 1. The van der Waals surface area contributed by atoms with Gasteiger partial charge in [0, 0.05) is 12.5 Å². The minimum Gasteiger partial charge on any atom is -0.493 e. The Morgan fingerprint density at radius 2 is 1.81 bits per heavy atom. The van der Waals surface area contributed by atoms with Crippen LogP contribution < -0.4 is 10.5 Å². The summed E-state index contributed by atoms with van der Waals surface area (Å²) in [5.74, 6) is 1.85. The van der Waals surface area contributed by atoms with Crippen molar-refractivity contribution in [3.8, 4) is 5.75 Å². The Morgan fingerprint density at radius 1 is 1.19 bits per heavy atom. The Hall–Kier alpha value is -1.06. The van der Waals surface area contributed by atoms with Crippen molar-refractivity contribution in [3.63, 3.8) is 0 Å². The fourth-order valence-electron chi connectivity index (χ4n) is 3.17. The number of hydrogen-bond acceptors (Lipinski definition) is 3. The summed E-state index contributed by atoms with van der Waals surface area (Å²) in [5.41, 5.74) is 7.04. The molecule has 0 radical (unpaired) electrons. The Kier molecular flexibility index (Phi) is 6.07. The van der Waals surface area contributed by atoms with Crippen LogP contribution in [-0.2, 0) is 0 Å². The van der Waals surface area contributed by atoms with Gasteiger partial charge in [-0.15, -0.1) is 0 Å². The molecule has 21 heavy (non-hydrogen) atoms. The third kappa shape index (κ3) is 4.45.